The third-order valence-corrected chi connectivity index (χ3v) is 4.08. The SMILES string of the molecule is Cc1ccccc1-c1nnc2sc(-c3cnccn3)nn12. The van der Waals surface area contributed by atoms with Gasteiger partial charge in [0, 0.05) is 18.0 Å². The zero-order valence-electron chi connectivity index (χ0n) is 11.1. The molecule has 21 heavy (non-hydrogen) atoms. The van der Waals surface area contributed by atoms with Crippen LogP contribution in [0.5, 0.6) is 0 Å². The van der Waals surface area contributed by atoms with E-state index in [0.29, 0.717) is 0 Å². The minimum absolute atomic E-state index is 0.740. The van der Waals surface area contributed by atoms with Gasteiger partial charge in [-0.25, -0.2) is 0 Å². The first kappa shape index (κ1) is 12.1. The fourth-order valence-corrected chi connectivity index (χ4v) is 2.92. The second kappa shape index (κ2) is 4.71. The summed E-state index contributed by atoms with van der Waals surface area (Å²) in [4.78, 5) is 9.08. The molecule has 3 heterocycles. The summed E-state index contributed by atoms with van der Waals surface area (Å²) in [6.45, 7) is 2.05. The van der Waals surface area contributed by atoms with Crippen LogP contribution in [0.25, 0.3) is 27.1 Å². The maximum Gasteiger partial charge on any atom is 0.235 e. The summed E-state index contributed by atoms with van der Waals surface area (Å²) in [5.41, 5.74) is 2.91. The van der Waals surface area contributed by atoms with Crippen LogP contribution in [0.4, 0.5) is 0 Å². The van der Waals surface area contributed by atoms with Crippen LogP contribution in [0.15, 0.2) is 42.9 Å². The molecule has 0 N–H and O–H groups in total. The lowest BCUT2D eigenvalue weighted by molar-refractivity contribution is 0.963. The largest absolute Gasteiger partial charge is 0.261 e. The van der Waals surface area contributed by atoms with Gasteiger partial charge in [-0.1, -0.05) is 35.6 Å². The molecule has 4 aromatic rings. The molecular weight excluding hydrogens is 284 g/mol. The standard InChI is InChI=1S/C14H10N6S/c1-9-4-2-3-5-10(9)12-17-18-14-20(12)19-13(21-14)11-8-15-6-7-16-11/h2-8H,1H3. The molecule has 0 atom stereocenters. The van der Waals surface area contributed by atoms with E-state index in [1.165, 1.54) is 11.3 Å². The Morgan fingerprint density at radius 3 is 2.81 bits per heavy atom. The highest BCUT2D eigenvalue weighted by Gasteiger charge is 2.15. The Balaban J connectivity index is 1.90. The molecule has 0 aliphatic rings. The molecule has 7 heteroatoms. The summed E-state index contributed by atoms with van der Waals surface area (Å²) in [6.07, 6.45) is 4.99. The molecule has 0 saturated heterocycles. The first-order chi connectivity index (χ1) is 10.3. The fraction of sp³-hybridized carbons (Fsp3) is 0.0714. The number of benzene rings is 1. The molecule has 0 aliphatic heterocycles. The van der Waals surface area contributed by atoms with Crippen molar-refractivity contribution >= 4 is 16.3 Å². The molecule has 3 aromatic heterocycles. The first-order valence-corrected chi connectivity index (χ1v) is 7.19. The number of fused-ring (bicyclic) bond motifs is 1. The van der Waals surface area contributed by atoms with E-state index < -0.39 is 0 Å². The summed E-state index contributed by atoms with van der Waals surface area (Å²) in [5, 5.41) is 13.8. The van der Waals surface area contributed by atoms with E-state index >= 15 is 0 Å². The molecule has 0 spiro atoms. The Morgan fingerprint density at radius 2 is 2.00 bits per heavy atom. The molecule has 0 saturated carbocycles. The van der Waals surface area contributed by atoms with Gasteiger partial charge >= 0.3 is 0 Å². The predicted octanol–water partition coefficient (Wildman–Crippen LogP) is 2.62. The molecule has 0 fully saturated rings. The molecule has 6 nitrogen and oxygen atoms in total. The summed E-state index contributed by atoms with van der Waals surface area (Å²) >= 11 is 1.45. The van der Waals surface area contributed by atoms with Gasteiger partial charge < -0.3 is 0 Å². The molecular formula is C14H10N6S. The van der Waals surface area contributed by atoms with Crippen molar-refractivity contribution in [3.63, 3.8) is 0 Å². The second-order valence-corrected chi connectivity index (χ2v) is 5.49. The van der Waals surface area contributed by atoms with Gasteiger partial charge in [0.25, 0.3) is 0 Å². The summed E-state index contributed by atoms with van der Waals surface area (Å²) < 4.78 is 1.76. The highest BCUT2D eigenvalue weighted by Crippen LogP contribution is 2.27. The van der Waals surface area contributed by atoms with Gasteiger partial charge in [0.1, 0.15) is 5.69 Å². The van der Waals surface area contributed by atoms with Crippen LogP contribution in [0.2, 0.25) is 0 Å². The monoisotopic (exact) mass is 294 g/mol. The normalized spacial score (nSPS) is 11.1. The van der Waals surface area contributed by atoms with Gasteiger partial charge in [0.15, 0.2) is 10.8 Å². The van der Waals surface area contributed by atoms with Crippen LogP contribution in [0.1, 0.15) is 5.56 Å². The lowest BCUT2D eigenvalue weighted by Gasteiger charge is -2.00. The molecule has 102 valence electrons. The average molecular weight is 294 g/mol. The van der Waals surface area contributed by atoms with Gasteiger partial charge in [0.2, 0.25) is 4.96 Å². The highest BCUT2D eigenvalue weighted by molar-refractivity contribution is 7.19. The maximum atomic E-state index is 4.57. The van der Waals surface area contributed by atoms with E-state index in [2.05, 4.69) is 25.3 Å². The van der Waals surface area contributed by atoms with Gasteiger partial charge in [0.05, 0.1) is 6.20 Å². The minimum atomic E-state index is 0.740. The molecule has 4 rings (SSSR count). The third-order valence-electron chi connectivity index (χ3n) is 3.16. The van der Waals surface area contributed by atoms with Crippen molar-refractivity contribution in [3.8, 4) is 22.1 Å². The smallest absolute Gasteiger partial charge is 0.235 e. The number of rotatable bonds is 2. The first-order valence-electron chi connectivity index (χ1n) is 6.37. The highest BCUT2D eigenvalue weighted by atomic mass is 32.1. The average Bonchev–Trinajstić information content (AvgIpc) is 3.09. The number of hydrogen-bond donors (Lipinski definition) is 0. The van der Waals surface area contributed by atoms with Gasteiger partial charge in [-0.3, -0.25) is 9.97 Å². The fourth-order valence-electron chi connectivity index (χ4n) is 2.12. The summed E-state index contributed by atoms with van der Waals surface area (Å²) in [6, 6.07) is 8.06. The quantitative estimate of drug-likeness (QED) is 0.568. The second-order valence-electron chi connectivity index (χ2n) is 4.53. The lowest BCUT2D eigenvalue weighted by Crippen LogP contribution is -1.93. The van der Waals surface area contributed by atoms with Crippen LogP contribution >= 0.6 is 11.3 Å². The Hall–Kier alpha value is -2.67. The van der Waals surface area contributed by atoms with Crippen molar-refractivity contribution in [2.45, 2.75) is 6.92 Å². The Bertz CT molecular complexity index is 912. The van der Waals surface area contributed by atoms with Crippen molar-refractivity contribution in [2.75, 3.05) is 0 Å². The van der Waals surface area contributed by atoms with E-state index in [4.69, 9.17) is 0 Å². The van der Waals surface area contributed by atoms with E-state index in [0.717, 1.165) is 32.6 Å². The Kier molecular flexibility index (Phi) is 2.71. The molecule has 0 bridgehead atoms. The lowest BCUT2D eigenvalue weighted by atomic mass is 10.1. The van der Waals surface area contributed by atoms with Gasteiger partial charge in [-0.15, -0.1) is 10.2 Å². The van der Waals surface area contributed by atoms with Crippen LogP contribution in [0.3, 0.4) is 0 Å². The number of aryl methyl sites for hydroxylation is 1. The van der Waals surface area contributed by atoms with Crippen LogP contribution in [-0.2, 0) is 0 Å². The van der Waals surface area contributed by atoms with Crippen molar-refractivity contribution in [2.24, 2.45) is 0 Å². The molecule has 0 unspecified atom stereocenters. The van der Waals surface area contributed by atoms with E-state index in [9.17, 15) is 0 Å². The summed E-state index contributed by atoms with van der Waals surface area (Å²) in [5.74, 6) is 0.745. The van der Waals surface area contributed by atoms with Crippen LogP contribution in [0, 0.1) is 6.92 Å². The van der Waals surface area contributed by atoms with Crippen molar-refractivity contribution in [1.29, 1.82) is 0 Å². The van der Waals surface area contributed by atoms with E-state index in [1.54, 1.807) is 23.1 Å². The zero-order valence-corrected chi connectivity index (χ0v) is 11.9. The topological polar surface area (TPSA) is 68.9 Å². The van der Waals surface area contributed by atoms with Gasteiger partial charge in [-0.05, 0) is 12.5 Å². The molecule has 0 aliphatic carbocycles. The molecule has 0 amide bonds. The number of hydrogen-bond acceptors (Lipinski definition) is 6. The number of nitrogens with zero attached hydrogens (tertiary/aromatic N) is 6. The minimum Gasteiger partial charge on any atom is -0.261 e. The van der Waals surface area contributed by atoms with Crippen molar-refractivity contribution in [3.05, 3.63) is 48.4 Å². The number of aromatic nitrogens is 6. The van der Waals surface area contributed by atoms with Crippen LogP contribution < -0.4 is 0 Å². The Labute approximate surface area is 124 Å². The van der Waals surface area contributed by atoms with Crippen molar-refractivity contribution < 1.29 is 0 Å². The van der Waals surface area contributed by atoms with Crippen LogP contribution in [-0.4, -0.2) is 29.8 Å². The predicted molar refractivity (Wildman–Crippen MR) is 79.9 cm³/mol. The summed E-state index contributed by atoms with van der Waals surface area (Å²) in [7, 11) is 0. The zero-order chi connectivity index (χ0) is 14.2. The third kappa shape index (κ3) is 1.98. The molecule has 0 radical (unpaired) electrons. The maximum absolute atomic E-state index is 4.57. The van der Waals surface area contributed by atoms with Gasteiger partial charge in [-0.2, -0.15) is 9.61 Å². The molecule has 1 aromatic carbocycles. The van der Waals surface area contributed by atoms with Crippen molar-refractivity contribution in [1.82, 2.24) is 29.8 Å². The Morgan fingerprint density at radius 1 is 1.10 bits per heavy atom. The van der Waals surface area contributed by atoms with E-state index in [1.807, 2.05) is 31.2 Å². The van der Waals surface area contributed by atoms with E-state index in [-0.39, 0.29) is 0 Å².